The molecule has 3 unspecified atom stereocenters. The maximum Gasteiger partial charge on any atom is 0.318 e. The maximum absolute atomic E-state index is 12.1. The molecule has 1 aliphatic heterocycles. The van der Waals surface area contributed by atoms with Crippen molar-refractivity contribution in [2.45, 2.75) is 38.3 Å². The summed E-state index contributed by atoms with van der Waals surface area (Å²) in [4.78, 5) is 24.7. The molecule has 6 nitrogen and oxygen atoms in total. The molecule has 1 saturated carbocycles. The van der Waals surface area contributed by atoms with Crippen LogP contribution >= 0.6 is 0 Å². The van der Waals surface area contributed by atoms with Crippen molar-refractivity contribution in [1.82, 2.24) is 10.2 Å². The van der Waals surface area contributed by atoms with E-state index in [-0.39, 0.29) is 24.0 Å². The number of hydrogen-bond donors (Lipinski definition) is 2. The smallest absolute Gasteiger partial charge is 0.318 e. The van der Waals surface area contributed by atoms with Crippen LogP contribution in [0.15, 0.2) is 0 Å². The Hall–Kier alpha value is -1.30. The van der Waals surface area contributed by atoms with Gasteiger partial charge in [0.2, 0.25) is 0 Å². The molecule has 1 saturated heterocycles. The first-order valence-electron chi connectivity index (χ1n) is 6.45. The van der Waals surface area contributed by atoms with E-state index in [0.717, 1.165) is 6.42 Å². The fourth-order valence-corrected chi connectivity index (χ4v) is 2.62. The Balaban J connectivity index is 1.82. The number of carboxylic acids is 1. The highest BCUT2D eigenvalue weighted by atomic mass is 16.5. The van der Waals surface area contributed by atoms with E-state index in [0.29, 0.717) is 32.6 Å². The molecular formula is C12H20N2O4. The summed E-state index contributed by atoms with van der Waals surface area (Å²) in [5.41, 5.74) is 0. The largest absolute Gasteiger partial charge is 0.481 e. The van der Waals surface area contributed by atoms with E-state index >= 15 is 0 Å². The SMILES string of the molecule is CC1COCCN1C(=O)NC1CCC(C(=O)O)C1. The molecule has 0 bridgehead atoms. The number of ether oxygens (including phenoxy) is 1. The number of urea groups is 1. The molecule has 0 radical (unpaired) electrons. The molecule has 0 spiro atoms. The fraction of sp³-hybridized carbons (Fsp3) is 0.833. The molecule has 2 N–H and O–H groups in total. The Labute approximate surface area is 106 Å². The summed E-state index contributed by atoms with van der Waals surface area (Å²) < 4.78 is 5.28. The van der Waals surface area contributed by atoms with Gasteiger partial charge in [0.1, 0.15) is 0 Å². The third kappa shape index (κ3) is 2.93. The van der Waals surface area contributed by atoms with Crippen LogP contribution in [0.3, 0.4) is 0 Å². The number of carbonyl (C=O) groups excluding carboxylic acids is 1. The summed E-state index contributed by atoms with van der Waals surface area (Å²) in [5.74, 6) is -1.07. The van der Waals surface area contributed by atoms with Crippen LogP contribution in [0.4, 0.5) is 4.79 Å². The molecule has 2 aliphatic rings. The van der Waals surface area contributed by atoms with Crippen LogP contribution in [0.5, 0.6) is 0 Å². The molecule has 2 amide bonds. The fourth-order valence-electron chi connectivity index (χ4n) is 2.62. The monoisotopic (exact) mass is 256 g/mol. The van der Waals surface area contributed by atoms with Gasteiger partial charge in [0.15, 0.2) is 0 Å². The van der Waals surface area contributed by atoms with Gasteiger partial charge in [-0.1, -0.05) is 0 Å². The summed E-state index contributed by atoms with van der Waals surface area (Å²) in [5, 5.41) is 11.8. The van der Waals surface area contributed by atoms with Crippen LogP contribution in [0.25, 0.3) is 0 Å². The molecule has 1 aliphatic carbocycles. The number of carboxylic acid groups (broad SMARTS) is 1. The topological polar surface area (TPSA) is 78.9 Å². The van der Waals surface area contributed by atoms with E-state index in [9.17, 15) is 9.59 Å². The summed E-state index contributed by atoms with van der Waals surface area (Å²) in [6.07, 6.45) is 1.94. The zero-order valence-electron chi connectivity index (χ0n) is 10.6. The number of aliphatic carboxylic acids is 1. The van der Waals surface area contributed by atoms with E-state index in [4.69, 9.17) is 9.84 Å². The highest BCUT2D eigenvalue weighted by Gasteiger charge is 2.32. The predicted octanol–water partition coefficient (Wildman–Crippen LogP) is 0.670. The van der Waals surface area contributed by atoms with E-state index in [1.807, 2.05) is 6.92 Å². The number of carbonyl (C=O) groups is 2. The van der Waals surface area contributed by atoms with E-state index < -0.39 is 5.97 Å². The lowest BCUT2D eigenvalue weighted by atomic mass is 10.1. The quantitative estimate of drug-likeness (QED) is 0.761. The van der Waals surface area contributed by atoms with Gasteiger partial charge in [-0.05, 0) is 26.2 Å². The molecular weight excluding hydrogens is 236 g/mol. The van der Waals surface area contributed by atoms with Gasteiger partial charge in [0.05, 0.1) is 25.2 Å². The molecule has 3 atom stereocenters. The van der Waals surface area contributed by atoms with Crippen molar-refractivity contribution in [3.8, 4) is 0 Å². The summed E-state index contributed by atoms with van der Waals surface area (Å²) in [7, 11) is 0. The zero-order valence-corrected chi connectivity index (χ0v) is 10.6. The van der Waals surface area contributed by atoms with Gasteiger partial charge in [0, 0.05) is 12.6 Å². The average molecular weight is 256 g/mol. The first kappa shape index (κ1) is 13.1. The minimum absolute atomic E-state index is 0.00588. The standard InChI is InChI=1S/C12H20N2O4/c1-8-7-18-5-4-14(8)12(17)13-10-3-2-9(6-10)11(15)16/h8-10H,2-7H2,1H3,(H,13,17)(H,15,16). The molecule has 102 valence electrons. The normalized spacial score (nSPS) is 32.3. The molecule has 1 heterocycles. The average Bonchev–Trinajstić information content (AvgIpc) is 2.78. The van der Waals surface area contributed by atoms with Crippen molar-refractivity contribution in [2.75, 3.05) is 19.8 Å². The molecule has 2 fully saturated rings. The first-order valence-corrected chi connectivity index (χ1v) is 6.45. The van der Waals surface area contributed by atoms with Gasteiger partial charge in [-0.3, -0.25) is 4.79 Å². The van der Waals surface area contributed by atoms with Crippen LogP contribution in [0.1, 0.15) is 26.2 Å². The maximum atomic E-state index is 12.1. The second-order valence-electron chi connectivity index (χ2n) is 5.11. The summed E-state index contributed by atoms with van der Waals surface area (Å²) in [6.45, 7) is 3.69. The van der Waals surface area contributed by atoms with E-state index in [1.54, 1.807) is 4.90 Å². The molecule has 6 heteroatoms. The van der Waals surface area contributed by atoms with Crippen molar-refractivity contribution >= 4 is 12.0 Å². The van der Waals surface area contributed by atoms with Gasteiger partial charge in [0.25, 0.3) is 0 Å². The van der Waals surface area contributed by atoms with Crippen molar-refractivity contribution in [3.05, 3.63) is 0 Å². The summed E-state index contributed by atoms with van der Waals surface area (Å²) in [6, 6.07) is -0.0223. The van der Waals surface area contributed by atoms with Crippen LogP contribution in [0, 0.1) is 5.92 Å². The molecule has 0 aromatic rings. The third-order valence-electron chi connectivity index (χ3n) is 3.74. The second-order valence-corrected chi connectivity index (χ2v) is 5.11. The number of hydrogen-bond acceptors (Lipinski definition) is 3. The lowest BCUT2D eigenvalue weighted by molar-refractivity contribution is -0.141. The number of rotatable bonds is 2. The van der Waals surface area contributed by atoms with Crippen molar-refractivity contribution in [2.24, 2.45) is 5.92 Å². The Morgan fingerprint density at radius 1 is 1.39 bits per heavy atom. The van der Waals surface area contributed by atoms with Gasteiger partial charge in [-0.15, -0.1) is 0 Å². The second kappa shape index (κ2) is 5.56. The number of nitrogens with one attached hydrogen (secondary N) is 1. The number of nitrogens with zero attached hydrogens (tertiary/aromatic N) is 1. The third-order valence-corrected chi connectivity index (χ3v) is 3.74. The molecule has 2 rings (SSSR count). The molecule has 0 aromatic carbocycles. The summed E-state index contributed by atoms with van der Waals surface area (Å²) >= 11 is 0. The van der Waals surface area contributed by atoms with Crippen molar-refractivity contribution < 1.29 is 19.4 Å². The van der Waals surface area contributed by atoms with Gasteiger partial charge in [-0.2, -0.15) is 0 Å². The number of amides is 2. The van der Waals surface area contributed by atoms with Gasteiger partial charge in [-0.25, -0.2) is 4.79 Å². The Bertz CT molecular complexity index is 334. The van der Waals surface area contributed by atoms with Crippen LogP contribution in [0.2, 0.25) is 0 Å². The zero-order chi connectivity index (χ0) is 13.1. The van der Waals surface area contributed by atoms with Crippen molar-refractivity contribution in [3.63, 3.8) is 0 Å². The lowest BCUT2D eigenvalue weighted by Gasteiger charge is -2.34. The number of morpholine rings is 1. The molecule has 18 heavy (non-hydrogen) atoms. The highest BCUT2D eigenvalue weighted by Crippen LogP contribution is 2.25. The van der Waals surface area contributed by atoms with E-state index in [2.05, 4.69) is 5.32 Å². The minimum Gasteiger partial charge on any atom is -0.481 e. The Morgan fingerprint density at radius 3 is 2.78 bits per heavy atom. The Kier molecular flexibility index (Phi) is 4.06. The molecule has 0 aromatic heterocycles. The first-order chi connectivity index (χ1) is 8.58. The van der Waals surface area contributed by atoms with Crippen LogP contribution in [-0.2, 0) is 9.53 Å². The van der Waals surface area contributed by atoms with Crippen LogP contribution in [-0.4, -0.2) is 53.8 Å². The lowest BCUT2D eigenvalue weighted by Crippen LogP contribution is -2.53. The van der Waals surface area contributed by atoms with E-state index in [1.165, 1.54) is 0 Å². The highest BCUT2D eigenvalue weighted by molar-refractivity contribution is 5.75. The van der Waals surface area contributed by atoms with Gasteiger partial charge >= 0.3 is 12.0 Å². The predicted molar refractivity (Wildman–Crippen MR) is 64.3 cm³/mol. The minimum atomic E-state index is -0.758. The van der Waals surface area contributed by atoms with Gasteiger partial charge < -0.3 is 20.1 Å². The van der Waals surface area contributed by atoms with Crippen LogP contribution < -0.4 is 5.32 Å². The Morgan fingerprint density at radius 2 is 2.17 bits per heavy atom. The van der Waals surface area contributed by atoms with Crippen molar-refractivity contribution in [1.29, 1.82) is 0 Å².